The lowest BCUT2D eigenvalue weighted by molar-refractivity contribution is -0.135. The first-order chi connectivity index (χ1) is 13.1. The van der Waals surface area contributed by atoms with Gasteiger partial charge in [0.25, 0.3) is 0 Å². The summed E-state index contributed by atoms with van der Waals surface area (Å²) in [5, 5.41) is 3.50. The molecule has 2 aliphatic rings. The molecular weight excluding hydrogens is 485 g/mol. The van der Waals surface area contributed by atoms with E-state index < -0.39 is 0 Å². The molecule has 2 aliphatic heterocycles. The second-order valence-corrected chi connectivity index (χ2v) is 8.61. The van der Waals surface area contributed by atoms with Gasteiger partial charge in [0, 0.05) is 56.1 Å². The highest BCUT2D eigenvalue weighted by atomic mass is 127. The number of aliphatic imine (C=N–C) groups is 1. The molecule has 3 heterocycles. The predicted octanol–water partition coefficient (Wildman–Crippen LogP) is 2.63. The van der Waals surface area contributed by atoms with Gasteiger partial charge in [-0.05, 0) is 38.3 Å². The minimum Gasteiger partial charge on any atom is -0.351 e. The highest BCUT2D eigenvalue weighted by Gasteiger charge is 2.30. The summed E-state index contributed by atoms with van der Waals surface area (Å²) in [6.45, 7) is 10.6. The van der Waals surface area contributed by atoms with Crippen molar-refractivity contribution < 1.29 is 4.79 Å². The number of guanidine groups is 1. The van der Waals surface area contributed by atoms with Crippen molar-refractivity contribution in [1.29, 1.82) is 0 Å². The number of rotatable bonds is 5. The Morgan fingerprint density at radius 2 is 1.75 bits per heavy atom. The Kier molecular flexibility index (Phi) is 9.49. The fraction of sp³-hybridized carbons (Fsp3) is 0.700. The SMILES string of the molecule is CCc1ccc(CNC(=NC)N2CCN(C(C)C(=O)N3CCCC3)CC2)s1.I. The van der Waals surface area contributed by atoms with Crippen LogP contribution in [0.5, 0.6) is 0 Å². The highest BCUT2D eigenvalue weighted by Crippen LogP contribution is 2.17. The number of thiophene rings is 1. The molecular formula is C20H34IN5OS. The van der Waals surface area contributed by atoms with Crippen molar-refractivity contribution in [3.63, 3.8) is 0 Å². The van der Waals surface area contributed by atoms with Crippen molar-refractivity contribution in [2.24, 2.45) is 4.99 Å². The summed E-state index contributed by atoms with van der Waals surface area (Å²) in [6, 6.07) is 4.40. The van der Waals surface area contributed by atoms with E-state index in [0.29, 0.717) is 5.91 Å². The molecule has 3 rings (SSSR count). The Labute approximate surface area is 190 Å². The third-order valence-electron chi connectivity index (χ3n) is 5.63. The molecule has 0 aromatic carbocycles. The number of hydrogen-bond donors (Lipinski definition) is 1. The number of carbonyl (C=O) groups excluding carboxylic acids is 1. The number of aryl methyl sites for hydroxylation is 1. The van der Waals surface area contributed by atoms with E-state index in [1.165, 1.54) is 9.75 Å². The van der Waals surface area contributed by atoms with Crippen molar-refractivity contribution in [2.45, 2.75) is 45.7 Å². The van der Waals surface area contributed by atoms with Gasteiger partial charge >= 0.3 is 0 Å². The van der Waals surface area contributed by atoms with E-state index in [1.54, 1.807) is 0 Å². The average Bonchev–Trinajstić information content (AvgIpc) is 3.40. The number of likely N-dealkylation sites (tertiary alicyclic amines) is 1. The summed E-state index contributed by atoms with van der Waals surface area (Å²) in [4.78, 5) is 26.5. The molecule has 0 bridgehead atoms. The van der Waals surface area contributed by atoms with Gasteiger partial charge in [0.1, 0.15) is 0 Å². The molecule has 1 aromatic heterocycles. The fourth-order valence-electron chi connectivity index (χ4n) is 3.88. The van der Waals surface area contributed by atoms with Crippen LogP contribution in [0.15, 0.2) is 17.1 Å². The number of carbonyl (C=O) groups is 1. The van der Waals surface area contributed by atoms with Crippen molar-refractivity contribution in [1.82, 2.24) is 20.0 Å². The standard InChI is InChI=1S/C20H33N5OS.HI/c1-4-17-7-8-18(27-17)15-22-20(21-3)25-13-11-23(12-14-25)16(2)19(26)24-9-5-6-10-24;/h7-8,16H,4-6,9-15H2,1-3H3,(H,21,22);1H. The molecule has 2 fully saturated rings. The van der Waals surface area contributed by atoms with E-state index in [0.717, 1.165) is 71.0 Å². The van der Waals surface area contributed by atoms with Crippen LogP contribution in [0.3, 0.4) is 0 Å². The van der Waals surface area contributed by atoms with Crippen LogP contribution in [0, 0.1) is 0 Å². The Morgan fingerprint density at radius 3 is 2.32 bits per heavy atom. The van der Waals surface area contributed by atoms with E-state index >= 15 is 0 Å². The lowest BCUT2D eigenvalue weighted by Crippen LogP contribution is -2.57. The Hall–Kier alpha value is -0.870. The molecule has 1 aromatic rings. The van der Waals surface area contributed by atoms with Gasteiger partial charge < -0.3 is 15.1 Å². The molecule has 2 saturated heterocycles. The maximum atomic E-state index is 12.6. The molecule has 1 amide bonds. The van der Waals surface area contributed by atoms with Crippen LogP contribution in [0.2, 0.25) is 0 Å². The van der Waals surface area contributed by atoms with Gasteiger partial charge in [-0.2, -0.15) is 0 Å². The molecule has 6 nitrogen and oxygen atoms in total. The zero-order valence-corrected chi connectivity index (χ0v) is 20.5. The monoisotopic (exact) mass is 519 g/mol. The van der Waals surface area contributed by atoms with E-state index in [4.69, 9.17) is 0 Å². The van der Waals surface area contributed by atoms with Crippen molar-refractivity contribution in [3.8, 4) is 0 Å². The number of halogens is 1. The van der Waals surface area contributed by atoms with Gasteiger partial charge in [-0.25, -0.2) is 0 Å². The predicted molar refractivity (Wildman–Crippen MR) is 128 cm³/mol. The third kappa shape index (κ3) is 5.82. The fourth-order valence-corrected chi connectivity index (χ4v) is 4.78. The minimum atomic E-state index is -0.0150. The van der Waals surface area contributed by atoms with Crippen LogP contribution in [0.1, 0.15) is 36.4 Å². The summed E-state index contributed by atoms with van der Waals surface area (Å²) in [5.74, 6) is 1.26. The largest absolute Gasteiger partial charge is 0.351 e. The molecule has 0 aliphatic carbocycles. The zero-order valence-electron chi connectivity index (χ0n) is 17.3. The minimum absolute atomic E-state index is 0. The van der Waals surface area contributed by atoms with Crippen molar-refractivity contribution in [3.05, 3.63) is 21.9 Å². The van der Waals surface area contributed by atoms with Gasteiger partial charge in [-0.1, -0.05) is 6.92 Å². The van der Waals surface area contributed by atoms with Crippen LogP contribution in [0.4, 0.5) is 0 Å². The van der Waals surface area contributed by atoms with Crippen LogP contribution < -0.4 is 5.32 Å². The number of nitrogens with one attached hydrogen (secondary N) is 1. The van der Waals surface area contributed by atoms with E-state index in [-0.39, 0.29) is 30.0 Å². The van der Waals surface area contributed by atoms with Crippen LogP contribution in [-0.2, 0) is 17.8 Å². The highest BCUT2D eigenvalue weighted by molar-refractivity contribution is 14.0. The topological polar surface area (TPSA) is 51.2 Å². The molecule has 1 unspecified atom stereocenters. The first-order valence-electron chi connectivity index (χ1n) is 10.2. The Balaban J connectivity index is 0.00000280. The lowest BCUT2D eigenvalue weighted by atomic mass is 10.2. The summed E-state index contributed by atoms with van der Waals surface area (Å²) in [7, 11) is 1.85. The van der Waals surface area contributed by atoms with Gasteiger partial charge in [0.2, 0.25) is 5.91 Å². The van der Waals surface area contributed by atoms with E-state index in [2.05, 4.69) is 46.1 Å². The van der Waals surface area contributed by atoms with E-state index in [1.807, 2.05) is 23.3 Å². The van der Waals surface area contributed by atoms with Crippen LogP contribution in [0.25, 0.3) is 0 Å². The summed E-state index contributed by atoms with van der Waals surface area (Å²) in [6.07, 6.45) is 3.39. The average molecular weight is 519 g/mol. The van der Waals surface area contributed by atoms with Gasteiger partial charge in [-0.15, -0.1) is 35.3 Å². The van der Waals surface area contributed by atoms with Crippen LogP contribution in [-0.4, -0.2) is 78.9 Å². The second-order valence-electron chi connectivity index (χ2n) is 7.35. The normalized spacial score (nSPS) is 19.5. The zero-order chi connectivity index (χ0) is 19.2. The first-order valence-corrected chi connectivity index (χ1v) is 11.0. The smallest absolute Gasteiger partial charge is 0.239 e. The summed E-state index contributed by atoms with van der Waals surface area (Å²) in [5.41, 5.74) is 0. The second kappa shape index (κ2) is 11.3. The Bertz CT molecular complexity index is 651. The Morgan fingerprint density at radius 1 is 1.11 bits per heavy atom. The maximum Gasteiger partial charge on any atom is 0.239 e. The first kappa shape index (κ1) is 23.4. The van der Waals surface area contributed by atoms with Crippen molar-refractivity contribution >= 4 is 47.2 Å². The number of hydrogen-bond acceptors (Lipinski definition) is 4. The lowest BCUT2D eigenvalue weighted by Gasteiger charge is -2.39. The molecule has 0 spiro atoms. The van der Waals surface area contributed by atoms with Crippen molar-refractivity contribution in [2.75, 3.05) is 46.3 Å². The molecule has 1 atom stereocenters. The van der Waals surface area contributed by atoms with Gasteiger partial charge in [0.15, 0.2) is 5.96 Å². The van der Waals surface area contributed by atoms with Gasteiger partial charge in [0.05, 0.1) is 12.6 Å². The van der Waals surface area contributed by atoms with Crippen LogP contribution >= 0.6 is 35.3 Å². The maximum absolute atomic E-state index is 12.6. The quantitative estimate of drug-likeness (QED) is 0.369. The third-order valence-corrected chi connectivity index (χ3v) is 6.86. The number of nitrogens with zero attached hydrogens (tertiary/aromatic N) is 4. The molecule has 158 valence electrons. The molecule has 8 heteroatoms. The van der Waals surface area contributed by atoms with E-state index in [9.17, 15) is 4.79 Å². The molecule has 0 radical (unpaired) electrons. The molecule has 0 saturated carbocycles. The number of piperazine rings is 1. The molecule has 1 N–H and O–H groups in total. The summed E-state index contributed by atoms with van der Waals surface area (Å²) < 4.78 is 0. The number of amides is 1. The summed E-state index contributed by atoms with van der Waals surface area (Å²) >= 11 is 1.87. The molecule has 28 heavy (non-hydrogen) atoms. The van der Waals surface area contributed by atoms with Gasteiger partial charge in [-0.3, -0.25) is 14.7 Å².